The summed E-state index contributed by atoms with van der Waals surface area (Å²) in [5.74, 6) is 0.0127. The van der Waals surface area contributed by atoms with Crippen LogP contribution in [-0.4, -0.2) is 61.9 Å². The SMILES string of the molecule is CC(=O)C(C[N+](C)(C)C)OCC(C)O. The van der Waals surface area contributed by atoms with Gasteiger partial charge >= 0.3 is 0 Å². The van der Waals surface area contributed by atoms with Crippen molar-refractivity contribution < 1.29 is 19.1 Å². The van der Waals surface area contributed by atoms with Crippen molar-refractivity contribution in [2.75, 3.05) is 34.3 Å². The molecular weight excluding hydrogens is 182 g/mol. The van der Waals surface area contributed by atoms with E-state index < -0.39 is 12.2 Å². The highest BCUT2D eigenvalue weighted by Gasteiger charge is 2.23. The number of hydrogen-bond donors (Lipinski definition) is 1. The fourth-order valence-corrected chi connectivity index (χ4v) is 1.05. The lowest BCUT2D eigenvalue weighted by Gasteiger charge is -2.28. The molecule has 0 saturated carbocycles. The Hall–Kier alpha value is -0.450. The third-order valence-corrected chi connectivity index (χ3v) is 1.71. The number of nitrogens with zero attached hydrogens (tertiary/aromatic N) is 1. The van der Waals surface area contributed by atoms with Crippen LogP contribution >= 0.6 is 0 Å². The normalized spacial score (nSPS) is 16.4. The molecule has 14 heavy (non-hydrogen) atoms. The maximum Gasteiger partial charge on any atom is 0.164 e. The number of rotatable bonds is 6. The fourth-order valence-electron chi connectivity index (χ4n) is 1.05. The van der Waals surface area contributed by atoms with E-state index in [4.69, 9.17) is 9.84 Å². The predicted octanol–water partition coefficient (Wildman–Crippen LogP) is 0.0476. The molecule has 0 aromatic heterocycles. The van der Waals surface area contributed by atoms with Crippen molar-refractivity contribution in [2.45, 2.75) is 26.1 Å². The van der Waals surface area contributed by atoms with Crippen LogP contribution in [0.5, 0.6) is 0 Å². The molecule has 2 atom stereocenters. The number of carbonyl (C=O) groups excluding carboxylic acids is 1. The van der Waals surface area contributed by atoms with Gasteiger partial charge in [-0.05, 0) is 13.8 Å². The number of ketones is 1. The van der Waals surface area contributed by atoms with Crippen molar-refractivity contribution in [1.29, 1.82) is 0 Å². The smallest absolute Gasteiger partial charge is 0.164 e. The molecule has 0 saturated heterocycles. The summed E-state index contributed by atoms with van der Waals surface area (Å²) in [6.07, 6.45) is -0.936. The van der Waals surface area contributed by atoms with Crippen LogP contribution in [0.25, 0.3) is 0 Å². The first-order valence-electron chi connectivity index (χ1n) is 4.83. The highest BCUT2D eigenvalue weighted by Crippen LogP contribution is 2.02. The number of hydrogen-bond acceptors (Lipinski definition) is 3. The lowest BCUT2D eigenvalue weighted by atomic mass is 10.2. The Bertz CT molecular complexity index is 184. The summed E-state index contributed by atoms with van der Waals surface area (Å²) in [7, 11) is 6.00. The highest BCUT2D eigenvalue weighted by molar-refractivity contribution is 5.80. The Morgan fingerprint density at radius 1 is 1.43 bits per heavy atom. The summed E-state index contributed by atoms with van der Waals surface area (Å²) in [5.41, 5.74) is 0. The van der Waals surface area contributed by atoms with Gasteiger partial charge in [0.25, 0.3) is 0 Å². The quantitative estimate of drug-likeness (QED) is 0.622. The third kappa shape index (κ3) is 7.00. The topological polar surface area (TPSA) is 46.5 Å². The molecule has 0 radical (unpaired) electrons. The Morgan fingerprint density at radius 2 is 1.93 bits per heavy atom. The minimum absolute atomic E-state index is 0.0127. The van der Waals surface area contributed by atoms with E-state index in [-0.39, 0.29) is 12.4 Å². The Kier molecular flexibility index (Phi) is 5.26. The molecule has 0 aromatic carbocycles. The van der Waals surface area contributed by atoms with Crippen LogP contribution in [0.2, 0.25) is 0 Å². The van der Waals surface area contributed by atoms with Crippen LogP contribution in [0, 0.1) is 0 Å². The van der Waals surface area contributed by atoms with E-state index in [1.807, 2.05) is 21.1 Å². The Labute approximate surface area is 86.1 Å². The summed E-state index contributed by atoms with van der Waals surface area (Å²) in [5, 5.41) is 9.04. The van der Waals surface area contributed by atoms with Crippen molar-refractivity contribution in [1.82, 2.24) is 0 Å². The largest absolute Gasteiger partial charge is 0.391 e. The molecule has 84 valence electrons. The van der Waals surface area contributed by atoms with Crippen LogP contribution in [0.15, 0.2) is 0 Å². The summed E-state index contributed by atoms with van der Waals surface area (Å²) in [6, 6.07) is 0. The molecule has 1 N–H and O–H groups in total. The highest BCUT2D eigenvalue weighted by atomic mass is 16.5. The van der Waals surface area contributed by atoms with E-state index in [1.165, 1.54) is 6.92 Å². The van der Waals surface area contributed by atoms with Crippen molar-refractivity contribution >= 4 is 5.78 Å². The maximum atomic E-state index is 11.2. The molecule has 0 bridgehead atoms. The van der Waals surface area contributed by atoms with Gasteiger partial charge in [0.1, 0.15) is 6.54 Å². The molecule has 4 nitrogen and oxygen atoms in total. The molecule has 2 unspecified atom stereocenters. The second-order valence-corrected chi connectivity index (χ2v) is 4.75. The van der Waals surface area contributed by atoms with Gasteiger partial charge in [0, 0.05) is 0 Å². The van der Waals surface area contributed by atoms with Gasteiger partial charge in [0.15, 0.2) is 11.9 Å². The first-order valence-corrected chi connectivity index (χ1v) is 4.83. The summed E-state index contributed by atoms with van der Waals surface area (Å²) >= 11 is 0. The van der Waals surface area contributed by atoms with Gasteiger partial charge in [-0.25, -0.2) is 0 Å². The molecule has 0 amide bonds. The summed E-state index contributed by atoms with van der Waals surface area (Å²) < 4.78 is 6.00. The van der Waals surface area contributed by atoms with E-state index in [0.717, 1.165) is 0 Å². The average molecular weight is 204 g/mol. The second-order valence-electron chi connectivity index (χ2n) is 4.75. The Balaban J connectivity index is 4.10. The third-order valence-electron chi connectivity index (χ3n) is 1.71. The number of carbonyl (C=O) groups is 1. The average Bonchev–Trinajstić information content (AvgIpc) is 1.94. The van der Waals surface area contributed by atoms with Crippen LogP contribution in [0.4, 0.5) is 0 Å². The molecule has 0 fully saturated rings. The maximum absolute atomic E-state index is 11.2. The van der Waals surface area contributed by atoms with E-state index in [0.29, 0.717) is 11.0 Å². The van der Waals surface area contributed by atoms with Gasteiger partial charge in [-0.3, -0.25) is 4.79 Å². The van der Waals surface area contributed by atoms with Crippen LogP contribution < -0.4 is 0 Å². The van der Waals surface area contributed by atoms with Gasteiger partial charge in [0.05, 0.1) is 33.9 Å². The number of quaternary nitrogens is 1. The molecule has 4 heteroatoms. The zero-order valence-corrected chi connectivity index (χ0v) is 9.78. The van der Waals surface area contributed by atoms with E-state index in [9.17, 15) is 4.79 Å². The molecular formula is C10H22NO3+. The van der Waals surface area contributed by atoms with E-state index >= 15 is 0 Å². The molecule has 0 aliphatic heterocycles. The van der Waals surface area contributed by atoms with Crippen LogP contribution in [-0.2, 0) is 9.53 Å². The van der Waals surface area contributed by atoms with Gasteiger partial charge < -0.3 is 14.3 Å². The van der Waals surface area contributed by atoms with E-state index in [2.05, 4.69) is 0 Å². The molecule has 0 spiro atoms. The first-order chi connectivity index (χ1) is 6.22. The zero-order valence-electron chi connectivity index (χ0n) is 9.78. The zero-order chi connectivity index (χ0) is 11.4. The van der Waals surface area contributed by atoms with Crippen molar-refractivity contribution in [3.05, 3.63) is 0 Å². The minimum Gasteiger partial charge on any atom is -0.391 e. The second kappa shape index (κ2) is 5.44. The number of likely N-dealkylation sites (N-methyl/N-ethyl adjacent to an activating group) is 1. The van der Waals surface area contributed by atoms with Crippen LogP contribution in [0.3, 0.4) is 0 Å². The standard InChI is InChI=1S/C10H22NO3/c1-8(12)7-14-10(9(2)13)6-11(3,4)5/h8,10,12H,6-7H2,1-5H3/q+1. The lowest BCUT2D eigenvalue weighted by molar-refractivity contribution is -0.872. The number of ether oxygens (including phenoxy) is 1. The van der Waals surface area contributed by atoms with Gasteiger partial charge in [-0.2, -0.15) is 0 Å². The monoisotopic (exact) mass is 204 g/mol. The number of aliphatic hydroxyl groups excluding tert-OH is 1. The summed E-state index contributed by atoms with van der Waals surface area (Å²) in [6.45, 7) is 4.00. The van der Waals surface area contributed by atoms with Gasteiger partial charge in [-0.1, -0.05) is 0 Å². The fraction of sp³-hybridized carbons (Fsp3) is 0.900. The summed E-state index contributed by atoms with van der Waals surface area (Å²) in [4.78, 5) is 11.2. The van der Waals surface area contributed by atoms with Crippen molar-refractivity contribution in [3.8, 4) is 0 Å². The predicted molar refractivity (Wildman–Crippen MR) is 55.0 cm³/mol. The lowest BCUT2D eigenvalue weighted by Crippen LogP contribution is -2.45. The molecule has 0 aliphatic rings. The van der Waals surface area contributed by atoms with Crippen molar-refractivity contribution in [3.63, 3.8) is 0 Å². The van der Waals surface area contributed by atoms with Gasteiger partial charge in [-0.15, -0.1) is 0 Å². The molecule has 0 aliphatic carbocycles. The van der Waals surface area contributed by atoms with E-state index in [1.54, 1.807) is 6.92 Å². The van der Waals surface area contributed by atoms with Crippen LogP contribution in [0.1, 0.15) is 13.8 Å². The van der Waals surface area contributed by atoms with Crippen molar-refractivity contribution in [2.24, 2.45) is 0 Å². The first kappa shape index (κ1) is 13.5. The minimum atomic E-state index is -0.524. The number of Topliss-reactive ketones (excluding diaryl/α,β-unsaturated/α-hetero) is 1. The molecule has 0 aromatic rings. The Morgan fingerprint density at radius 3 is 2.21 bits per heavy atom. The molecule has 0 heterocycles. The molecule has 0 rings (SSSR count). The number of aliphatic hydroxyl groups is 1. The van der Waals surface area contributed by atoms with Gasteiger partial charge in [0.2, 0.25) is 0 Å².